The van der Waals surface area contributed by atoms with Crippen LogP contribution in [0.1, 0.15) is 18.9 Å². The lowest BCUT2D eigenvalue weighted by atomic mass is 10.1. The molecule has 0 aromatic heterocycles. The van der Waals surface area contributed by atoms with Gasteiger partial charge in [-0.25, -0.2) is 0 Å². The van der Waals surface area contributed by atoms with E-state index in [1.54, 1.807) is 0 Å². The van der Waals surface area contributed by atoms with Gasteiger partial charge in [-0.1, -0.05) is 44.8 Å². The lowest BCUT2D eigenvalue weighted by Gasteiger charge is -2.38. The molecule has 1 fully saturated rings. The third-order valence-electron chi connectivity index (χ3n) is 3.20. The maximum atomic E-state index is 5.56. The molecule has 0 radical (unpaired) electrons. The highest BCUT2D eigenvalue weighted by Crippen LogP contribution is 2.30. The molecule has 0 spiro atoms. The summed E-state index contributed by atoms with van der Waals surface area (Å²) in [7, 11) is 0. The van der Waals surface area contributed by atoms with E-state index >= 15 is 0 Å². The van der Waals surface area contributed by atoms with Gasteiger partial charge < -0.3 is 9.64 Å². The third kappa shape index (κ3) is 3.04. The number of benzene rings is 1. The Morgan fingerprint density at radius 2 is 2.29 bits per heavy atom. The molecule has 2 nitrogen and oxygen atoms in total. The Morgan fingerprint density at radius 3 is 3.00 bits per heavy atom. The summed E-state index contributed by atoms with van der Waals surface area (Å²) in [6, 6.07) is 6.98. The number of rotatable bonds is 3. The van der Waals surface area contributed by atoms with Gasteiger partial charge in [0.05, 0.1) is 19.3 Å². The lowest BCUT2D eigenvalue weighted by Crippen LogP contribution is -2.45. The van der Waals surface area contributed by atoms with Crippen LogP contribution in [0.4, 0.5) is 5.69 Å². The summed E-state index contributed by atoms with van der Waals surface area (Å²) in [5.74, 6) is 0. The van der Waals surface area contributed by atoms with E-state index in [1.807, 2.05) is 0 Å². The van der Waals surface area contributed by atoms with Crippen molar-refractivity contribution >= 4 is 37.5 Å². The number of alkyl halides is 1. The minimum atomic E-state index is 0.496. The summed E-state index contributed by atoms with van der Waals surface area (Å²) in [6.45, 7) is 4.86. The average molecular weight is 363 g/mol. The molecule has 0 aliphatic carbocycles. The van der Waals surface area contributed by atoms with Crippen LogP contribution in [0.3, 0.4) is 0 Å². The van der Waals surface area contributed by atoms with E-state index in [4.69, 9.17) is 4.74 Å². The lowest BCUT2D eigenvalue weighted by molar-refractivity contribution is 0.0929. The van der Waals surface area contributed by atoms with E-state index in [-0.39, 0.29) is 0 Å². The fourth-order valence-electron chi connectivity index (χ4n) is 2.23. The first kappa shape index (κ1) is 13.4. The van der Waals surface area contributed by atoms with E-state index in [2.05, 4.69) is 61.9 Å². The molecule has 0 saturated carbocycles. The summed E-state index contributed by atoms with van der Waals surface area (Å²) in [5, 5.41) is 0.892. The van der Waals surface area contributed by atoms with Gasteiger partial charge in [0.2, 0.25) is 0 Å². The number of hydrogen-bond acceptors (Lipinski definition) is 2. The monoisotopic (exact) mass is 361 g/mol. The molecule has 1 heterocycles. The third-order valence-corrected chi connectivity index (χ3v) is 4.30. The molecule has 0 amide bonds. The van der Waals surface area contributed by atoms with Crippen LogP contribution in [0, 0.1) is 0 Å². The molecule has 1 unspecified atom stereocenters. The SMILES string of the molecule is CCC1COCCN1c1cc(Br)ccc1CBr. The van der Waals surface area contributed by atoms with Crippen LogP contribution in [-0.2, 0) is 10.1 Å². The summed E-state index contributed by atoms with van der Waals surface area (Å²) in [6.07, 6.45) is 1.12. The van der Waals surface area contributed by atoms with Crippen molar-refractivity contribution in [3.63, 3.8) is 0 Å². The van der Waals surface area contributed by atoms with E-state index in [9.17, 15) is 0 Å². The van der Waals surface area contributed by atoms with E-state index in [0.717, 1.165) is 36.0 Å². The summed E-state index contributed by atoms with van der Waals surface area (Å²) >= 11 is 7.13. The highest BCUT2D eigenvalue weighted by Gasteiger charge is 2.23. The maximum absolute atomic E-state index is 5.56. The molecule has 0 N–H and O–H groups in total. The number of halogens is 2. The Morgan fingerprint density at radius 1 is 1.47 bits per heavy atom. The molecular formula is C13H17Br2NO. The second-order valence-electron chi connectivity index (χ2n) is 4.24. The van der Waals surface area contributed by atoms with Gasteiger partial charge in [-0.3, -0.25) is 0 Å². The second-order valence-corrected chi connectivity index (χ2v) is 5.71. The predicted octanol–water partition coefficient (Wildman–Crippen LogP) is 3.96. The molecule has 0 bridgehead atoms. The van der Waals surface area contributed by atoms with Gasteiger partial charge in [0.1, 0.15) is 0 Å². The summed E-state index contributed by atoms with van der Waals surface area (Å²) < 4.78 is 6.70. The largest absolute Gasteiger partial charge is 0.377 e. The van der Waals surface area contributed by atoms with Crippen molar-refractivity contribution in [2.75, 3.05) is 24.7 Å². The van der Waals surface area contributed by atoms with Gasteiger partial charge in [-0.2, -0.15) is 0 Å². The number of ether oxygens (including phenoxy) is 1. The van der Waals surface area contributed by atoms with Gasteiger partial charge in [0, 0.05) is 22.0 Å². The Balaban J connectivity index is 2.33. The molecule has 2 rings (SSSR count). The van der Waals surface area contributed by atoms with Crippen LogP contribution in [0.25, 0.3) is 0 Å². The molecule has 17 heavy (non-hydrogen) atoms. The van der Waals surface area contributed by atoms with Crippen molar-refractivity contribution in [3.8, 4) is 0 Å². The van der Waals surface area contributed by atoms with Crippen molar-refractivity contribution in [1.29, 1.82) is 0 Å². The molecule has 1 atom stereocenters. The normalized spacial score (nSPS) is 20.6. The van der Waals surface area contributed by atoms with Gasteiger partial charge in [-0.05, 0) is 24.1 Å². The Kier molecular flexibility index (Phi) is 4.88. The molecule has 1 aliphatic heterocycles. The Bertz CT molecular complexity index is 384. The molecule has 1 saturated heterocycles. The standard InChI is InChI=1S/C13H17Br2NO/c1-2-12-9-17-6-5-16(12)13-7-11(15)4-3-10(13)8-14/h3-4,7,12H,2,5-6,8-9H2,1H3. The minimum absolute atomic E-state index is 0.496. The quantitative estimate of drug-likeness (QED) is 0.754. The van der Waals surface area contributed by atoms with Crippen LogP contribution in [0.15, 0.2) is 22.7 Å². The minimum Gasteiger partial charge on any atom is -0.377 e. The van der Waals surface area contributed by atoms with Crippen molar-refractivity contribution in [3.05, 3.63) is 28.2 Å². The fourth-order valence-corrected chi connectivity index (χ4v) is 3.05. The topological polar surface area (TPSA) is 12.5 Å². The first-order chi connectivity index (χ1) is 8.26. The number of hydrogen-bond donors (Lipinski definition) is 0. The number of morpholine rings is 1. The molecule has 1 aromatic rings. The first-order valence-electron chi connectivity index (χ1n) is 5.95. The van der Waals surface area contributed by atoms with Crippen LogP contribution in [0.2, 0.25) is 0 Å². The first-order valence-corrected chi connectivity index (χ1v) is 7.86. The van der Waals surface area contributed by atoms with Gasteiger partial charge in [0.25, 0.3) is 0 Å². The smallest absolute Gasteiger partial charge is 0.0670 e. The predicted molar refractivity (Wildman–Crippen MR) is 79.0 cm³/mol. The van der Waals surface area contributed by atoms with E-state index in [1.165, 1.54) is 11.3 Å². The van der Waals surface area contributed by atoms with Crippen molar-refractivity contribution in [1.82, 2.24) is 0 Å². The summed E-state index contributed by atoms with van der Waals surface area (Å²) in [5.41, 5.74) is 2.67. The van der Waals surface area contributed by atoms with Gasteiger partial charge in [-0.15, -0.1) is 0 Å². The van der Waals surface area contributed by atoms with Crippen LogP contribution in [0.5, 0.6) is 0 Å². The van der Waals surface area contributed by atoms with E-state index < -0.39 is 0 Å². The molecule has 1 aliphatic rings. The van der Waals surface area contributed by atoms with E-state index in [0.29, 0.717) is 6.04 Å². The van der Waals surface area contributed by atoms with Crippen molar-refractivity contribution in [2.45, 2.75) is 24.7 Å². The van der Waals surface area contributed by atoms with Gasteiger partial charge >= 0.3 is 0 Å². The molecule has 4 heteroatoms. The summed E-state index contributed by atoms with van der Waals surface area (Å²) in [4.78, 5) is 2.48. The zero-order chi connectivity index (χ0) is 12.3. The Hall–Kier alpha value is -0.0600. The molecule has 94 valence electrons. The zero-order valence-electron chi connectivity index (χ0n) is 9.96. The zero-order valence-corrected chi connectivity index (χ0v) is 13.1. The van der Waals surface area contributed by atoms with Crippen molar-refractivity contribution < 1.29 is 4.74 Å². The van der Waals surface area contributed by atoms with Crippen LogP contribution in [-0.4, -0.2) is 25.8 Å². The maximum Gasteiger partial charge on any atom is 0.0670 e. The van der Waals surface area contributed by atoms with Crippen LogP contribution >= 0.6 is 31.9 Å². The van der Waals surface area contributed by atoms with Crippen LogP contribution < -0.4 is 4.90 Å². The number of nitrogens with zero attached hydrogens (tertiary/aromatic N) is 1. The number of anilines is 1. The highest BCUT2D eigenvalue weighted by molar-refractivity contribution is 9.10. The Labute approximate surface area is 120 Å². The molecule has 1 aromatic carbocycles. The van der Waals surface area contributed by atoms with Gasteiger partial charge in [0.15, 0.2) is 0 Å². The highest BCUT2D eigenvalue weighted by atomic mass is 79.9. The average Bonchev–Trinajstić information content (AvgIpc) is 2.38. The van der Waals surface area contributed by atoms with Crippen molar-refractivity contribution in [2.24, 2.45) is 0 Å². The second kappa shape index (κ2) is 6.21. The fraction of sp³-hybridized carbons (Fsp3) is 0.538. The molecular weight excluding hydrogens is 346 g/mol.